The molecular weight excluding hydrogens is 244 g/mol. The molecule has 0 saturated carbocycles. The predicted octanol–water partition coefficient (Wildman–Crippen LogP) is 1.54. The molecule has 0 aromatic carbocycles. The lowest BCUT2D eigenvalue weighted by atomic mass is 10.0. The molecule has 19 heavy (non-hydrogen) atoms. The number of aromatic nitrogens is 2. The molecule has 0 amide bonds. The summed E-state index contributed by atoms with van der Waals surface area (Å²) in [5, 5.41) is 0. The summed E-state index contributed by atoms with van der Waals surface area (Å²) in [6.45, 7) is 6.46. The molecule has 1 saturated heterocycles. The van der Waals surface area contributed by atoms with E-state index in [1.165, 1.54) is 0 Å². The van der Waals surface area contributed by atoms with Crippen molar-refractivity contribution in [2.45, 2.75) is 58.5 Å². The highest BCUT2D eigenvalue weighted by Crippen LogP contribution is 2.22. The normalized spacial score (nSPS) is 27.3. The molecule has 2 rings (SSSR count). The molecule has 1 aliphatic heterocycles. The highest BCUT2D eigenvalue weighted by molar-refractivity contribution is 5.33. The molecule has 0 spiro atoms. The Morgan fingerprint density at radius 1 is 1.37 bits per heavy atom. The van der Waals surface area contributed by atoms with Gasteiger partial charge in [0.15, 0.2) is 5.82 Å². The van der Waals surface area contributed by atoms with Crippen molar-refractivity contribution in [1.82, 2.24) is 9.97 Å². The summed E-state index contributed by atoms with van der Waals surface area (Å²) in [4.78, 5) is 8.61. The van der Waals surface area contributed by atoms with Crippen LogP contribution < -0.4 is 11.3 Å². The summed E-state index contributed by atoms with van der Waals surface area (Å²) < 4.78 is 11.6. The van der Waals surface area contributed by atoms with Crippen molar-refractivity contribution >= 4 is 5.82 Å². The van der Waals surface area contributed by atoms with Gasteiger partial charge in [-0.3, -0.25) is 0 Å². The number of hydrogen-bond acceptors (Lipinski definition) is 6. The Morgan fingerprint density at radius 2 is 2.05 bits per heavy atom. The van der Waals surface area contributed by atoms with E-state index in [-0.39, 0.29) is 18.3 Å². The van der Waals surface area contributed by atoms with Gasteiger partial charge in [0.25, 0.3) is 0 Å². The summed E-state index contributed by atoms with van der Waals surface area (Å²) in [5.41, 5.74) is 3.40. The van der Waals surface area contributed by atoms with E-state index in [2.05, 4.69) is 29.2 Å². The smallest absolute Gasteiger partial charge is 0.156 e. The number of nitrogen functional groups attached to an aromatic ring is 1. The van der Waals surface area contributed by atoms with Crippen LogP contribution in [0.15, 0.2) is 6.07 Å². The van der Waals surface area contributed by atoms with Crippen LogP contribution in [0.5, 0.6) is 0 Å². The number of ether oxygens (including phenoxy) is 2. The standard InChI is InChI=1S/C13H22N4O2/c1-8-4-12(17-14)16-13(15-8)7-18-11-5-9(2)19-10(3)6-11/h4,9-11H,5-7,14H2,1-3H3,(H,15,16,17). The van der Waals surface area contributed by atoms with Crippen molar-refractivity contribution in [2.75, 3.05) is 5.43 Å². The minimum Gasteiger partial charge on any atom is -0.375 e. The number of anilines is 1. The fourth-order valence-electron chi connectivity index (χ4n) is 2.44. The first-order chi connectivity index (χ1) is 9.06. The molecule has 0 aliphatic carbocycles. The van der Waals surface area contributed by atoms with Gasteiger partial charge in [-0.25, -0.2) is 15.8 Å². The maximum Gasteiger partial charge on any atom is 0.156 e. The maximum atomic E-state index is 5.89. The number of nitrogens with one attached hydrogen (secondary N) is 1. The minimum absolute atomic E-state index is 0.206. The van der Waals surface area contributed by atoms with Crippen LogP contribution in [0.25, 0.3) is 0 Å². The summed E-state index contributed by atoms with van der Waals surface area (Å²) in [6.07, 6.45) is 2.52. The minimum atomic E-state index is 0.206. The van der Waals surface area contributed by atoms with E-state index in [1.807, 2.05) is 6.92 Å². The van der Waals surface area contributed by atoms with Crippen LogP contribution in [0.3, 0.4) is 0 Å². The summed E-state index contributed by atoms with van der Waals surface area (Å²) in [5.74, 6) is 6.63. The van der Waals surface area contributed by atoms with Gasteiger partial charge in [-0.2, -0.15) is 0 Å². The first-order valence-electron chi connectivity index (χ1n) is 6.65. The number of hydrazine groups is 1. The SMILES string of the molecule is Cc1cc(NN)nc(COC2CC(C)OC(C)C2)n1. The number of nitrogens with zero attached hydrogens (tertiary/aromatic N) is 2. The number of aryl methyl sites for hydroxylation is 1. The highest BCUT2D eigenvalue weighted by atomic mass is 16.5. The van der Waals surface area contributed by atoms with E-state index in [1.54, 1.807) is 6.07 Å². The maximum absolute atomic E-state index is 5.89. The van der Waals surface area contributed by atoms with Crippen molar-refractivity contribution in [3.8, 4) is 0 Å². The zero-order valence-electron chi connectivity index (χ0n) is 11.7. The quantitative estimate of drug-likeness (QED) is 0.635. The van der Waals surface area contributed by atoms with E-state index < -0.39 is 0 Å². The molecule has 0 radical (unpaired) electrons. The Bertz CT molecular complexity index is 417. The zero-order valence-corrected chi connectivity index (χ0v) is 11.7. The van der Waals surface area contributed by atoms with Gasteiger partial charge in [-0.05, 0) is 33.6 Å². The number of rotatable bonds is 4. The first-order valence-corrected chi connectivity index (χ1v) is 6.65. The zero-order chi connectivity index (χ0) is 13.8. The molecule has 0 bridgehead atoms. The van der Waals surface area contributed by atoms with Crippen LogP contribution in [0, 0.1) is 6.92 Å². The fraction of sp³-hybridized carbons (Fsp3) is 0.692. The third-order valence-corrected chi connectivity index (χ3v) is 3.15. The molecule has 2 atom stereocenters. The van der Waals surface area contributed by atoms with E-state index >= 15 is 0 Å². The molecule has 2 heterocycles. The van der Waals surface area contributed by atoms with E-state index in [9.17, 15) is 0 Å². The highest BCUT2D eigenvalue weighted by Gasteiger charge is 2.25. The second-order valence-corrected chi connectivity index (χ2v) is 5.12. The van der Waals surface area contributed by atoms with Crippen molar-refractivity contribution in [1.29, 1.82) is 0 Å². The molecule has 106 valence electrons. The Kier molecular flexibility index (Phi) is 4.68. The van der Waals surface area contributed by atoms with Gasteiger partial charge in [-0.15, -0.1) is 0 Å². The van der Waals surface area contributed by atoms with Crippen LogP contribution in [-0.2, 0) is 16.1 Å². The van der Waals surface area contributed by atoms with Gasteiger partial charge in [0, 0.05) is 11.8 Å². The topological polar surface area (TPSA) is 82.3 Å². The Balaban J connectivity index is 1.93. The molecule has 2 unspecified atom stereocenters. The van der Waals surface area contributed by atoms with Crippen LogP contribution in [0.2, 0.25) is 0 Å². The van der Waals surface area contributed by atoms with Crippen LogP contribution in [0.4, 0.5) is 5.82 Å². The molecular formula is C13H22N4O2. The van der Waals surface area contributed by atoms with Crippen molar-refractivity contribution < 1.29 is 9.47 Å². The molecule has 1 aromatic rings. The average Bonchev–Trinajstić information content (AvgIpc) is 2.34. The number of hydrogen-bond donors (Lipinski definition) is 2. The second-order valence-electron chi connectivity index (χ2n) is 5.12. The Morgan fingerprint density at radius 3 is 2.68 bits per heavy atom. The summed E-state index contributed by atoms with van der Waals surface area (Å²) in [7, 11) is 0. The third-order valence-electron chi connectivity index (χ3n) is 3.15. The van der Waals surface area contributed by atoms with Crippen LogP contribution >= 0.6 is 0 Å². The van der Waals surface area contributed by atoms with Gasteiger partial charge in [0.1, 0.15) is 12.4 Å². The molecule has 3 N–H and O–H groups in total. The average molecular weight is 266 g/mol. The van der Waals surface area contributed by atoms with Gasteiger partial charge >= 0.3 is 0 Å². The third kappa shape index (κ3) is 4.12. The second kappa shape index (κ2) is 6.27. The van der Waals surface area contributed by atoms with E-state index in [0.29, 0.717) is 18.2 Å². The van der Waals surface area contributed by atoms with Crippen molar-refractivity contribution in [3.63, 3.8) is 0 Å². The summed E-state index contributed by atoms with van der Waals surface area (Å²) in [6, 6.07) is 1.79. The Hall–Kier alpha value is -1.24. The van der Waals surface area contributed by atoms with Crippen LogP contribution in [-0.4, -0.2) is 28.3 Å². The molecule has 1 aliphatic rings. The monoisotopic (exact) mass is 266 g/mol. The van der Waals surface area contributed by atoms with Gasteiger partial charge in [0.05, 0.1) is 18.3 Å². The lowest BCUT2D eigenvalue weighted by Crippen LogP contribution is -2.34. The van der Waals surface area contributed by atoms with Crippen LogP contribution in [0.1, 0.15) is 38.2 Å². The first kappa shape index (κ1) is 14.2. The fourth-order valence-corrected chi connectivity index (χ4v) is 2.44. The predicted molar refractivity (Wildman–Crippen MR) is 72.4 cm³/mol. The molecule has 1 aromatic heterocycles. The number of nitrogens with two attached hydrogens (primary N) is 1. The van der Waals surface area contributed by atoms with Gasteiger partial charge < -0.3 is 14.9 Å². The van der Waals surface area contributed by atoms with Gasteiger partial charge in [0.2, 0.25) is 0 Å². The van der Waals surface area contributed by atoms with Gasteiger partial charge in [-0.1, -0.05) is 0 Å². The van der Waals surface area contributed by atoms with Crippen molar-refractivity contribution in [2.24, 2.45) is 5.84 Å². The van der Waals surface area contributed by atoms with E-state index in [4.69, 9.17) is 15.3 Å². The van der Waals surface area contributed by atoms with E-state index in [0.717, 1.165) is 18.5 Å². The molecule has 6 heteroatoms. The Labute approximate surface area is 113 Å². The lowest BCUT2D eigenvalue weighted by Gasteiger charge is -2.31. The molecule has 6 nitrogen and oxygen atoms in total. The largest absolute Gasteiger partial charge is 0.375 e. The lowest BCUT2D eigenvalue weighted by molar-refractivity contribution is -0.107. The molecule has 1 fully saturated rings. The van der Waals surface area contributed by atoms with Crippen molar-refractivity contribution in [3.05, 3.63) is 17.6 Å². The summed E-state index contributed by atoms with van der Waals surface area (Å²) >= 11 is 0.